The average molecular weight is 291 g/mol. The van der Waals surface area contributed by atoms with Crippen LogP contribution in [0.3, 0.4) is 0 Å². The molecule has 0 saturated heterocycles. The van der Waals surface area contributed by atoms with Crippen molar-refractivity contribution in [3.63, 3.8) is 0 Å². The van der Waals surface area contributed by atoms with Gasteiger partial charge < -0.3 is 0 Å². The van der Waals surface area contributed by atoms with Gasteiger partial charge in [0.1, 0.15) is 5.82 Å². The van der Waals surface area contributed by atoms with Crippen LogP contribution in [0.4, 0.5) is 4.39 Å². The molecule has 0 aliphatic rings. The minimum Gasteiger partial charge on any atom is -0.287 e. The molecule has 4 heteroatoms. The van der Waals surface area contributed by atoms with Gasteiger partial charge in [-0.1, -0.05) is 18.2 Å². The van der Waals surface area contributed by atoms with Gasteiger partial charge in [0.25, 0.3) is 0 Å². The van der Waals surface area contributed by atoms with E-state index >= 15 is 0 Å². The predicted octanol–water partition coefficient (Wildman–Crippen LogP) is 3.93. The molecule has 0 amide bonds. The molecule has 0 fully saturated rings. The molecule has 0 spiro atoms. The summed E-state index contributed by atoms with van der Waals surface area (Å²) in [5, 5.41) is 0. The summed E-state index contributed by atoms with van der Waals surface area (Å²) >= 11 is 3.40. The maximum atomic E-state index is 13.1. The van der Waals surface area contributed by atoms with Gasteiger partial charge in [-0.2, -0.15) is 0 Å². The Labute approximate surface area is 106 Å². The number of hydrogen-bond donors (Lipinski definition) is 0. The largest absolute Gasteiger partial charge is 0.287 e. The molecule has 0 N–H and O–H groups in total. The third-order valence-electron chi connectivity index (χ3n) is 2.59. The van der Waals surface area contributed by atoms with Crippen LogP contribution in [-0.4, -0.2) is 9.55 Å². The maximum absolute atomic E-state index is 13.1. The van der Waals surface area contributed by atoms with Crippen molar-refractivity contribution in [2.75, 3.05) is 0 Å². The fourth-order valence-electron chi connectivity index (χ4n) is 1.85. The van der Waals surface area contributed by atoms with E-state index in [0.29, 0.717) is 10.3 Å². The topological polar surface area (TPSA) is 17.8 Å². The summed E-state index contributed by atoms with van der Waals surface area (Å²) in [5.41, 5.74) is 2.51. The molecular weight excluding hydrogens is 283 g/mol. The fraction of sp³-hybridized carbons (Fsp3) is 0. The number of aromatic nitrogens is 2. The Balaban J connectivity index is 2.33. The molecule has 1 heterocycles. The highest BCUT2D eigenvalue weighted by Gasteiger charge is 2.10. The fourth-order valence-corrected chi connectivity index (χ4v) is 2.43. The van der Waals surface area contributed by atoms with Crippen molar-refractivity contribution in [1.29, 1.82) is 0 Å². The molecule has 0 aliphatic heterocycles. The number of para-hydroxylation sites is 1. The van der Waals surface area contributed by atoms with Crippen LogP contribution in [-0.2, 0) is 0 Å². The van der Waals surface area contributed by atoms with Crippen LogP contribution in [0.25, 0.3) is 16.7 Å². The van der Waals surface area contributed by atoms with Gasteiger partial charge in [0.05, 0.1) is 11.0 Å². The van der Waals surface area contributed by atoms with Crippen molar-refractivity contribution in [3.8, 4) is 5.69 Å². The highest BCUT2D eigenvalue weighted by molar-refractivity contribution is 9.10. The first kappa shape index (κ1) is 10.5. The van der Waals surface area contributed by atoms with E-state index in [0.717, 1.165) is 11.2 Å². The Morgan fingerprint density at radius 2 is 1.82 bits per heavy atom. The number of hydrogen-bond acceptors (Lipinski definition) is 1. The zero-order valence-electron chi connectivity index (χ0n) is 8.77. The predicted molar refractivity (Wildman–Crippen MR) is 68.7 cm³/mol. The SMILES string of the molecule is Fc1ccc2c(c1)nc(Br)n2-c1ccccc1. The summed E-state index contributed by atoms with van der Waals surface area (Å²) in [7, 11) is 0. The van der Waals surface area contributed by atoms with Crippen LogP contribution in [0.2, 0.25) is 0 Å². The number of halogens is 2. The third kappa shape index (κ3) is 1.74. The van der Waals surface area contributed by atoms with Crippen LogP contribution in [0.5, 0.6) is 0 Å². The van der Waals surface area contributed by atoms with Crippen molar-refractivity contribution < 1.29 is 4.39 Å². The highest BCUT2D eigenvalue weighted by atomic mass is 79.9. The van der Waals surface area contributed by atoms with Crippen LogP contribution >= 0.6 is 15.9 Å². The van der Waals surface area contributed by atoms with Crippen molar-refractivity contribution in [1.82, 2.24) is 9.55 Å². The van der Waals surface area contributed by atoms with Crippen molar-refractivity contribution in [3.05, 3.63) is 59.1 Å². The first-order valence-electron chi connectivity index (χ1n) is 5.14. The Bertz CT molecular complexity index is 676. The summed E-state index contributed by atoms with van der Waals surface area (Å²) in [5.74, 6) is -0.275. The number of imidazole rings is 1. The van der Waals surface area contributed by atoms with Gasteiger partial charge in [0.2, 0.25) is 0 Å². The van der Waals surface area contributed by atoms with E-state index in [4.69, 9.17) is 0 Å². The molecule has 3 rings (SSSR count). The summed E-state index contributed by atoms with van der Waals surface area (Å²) in [4.78, 5) is 4.29. The Kier molecular flexibility index (Phi) is 2.44. The van der Waals surface area contributed by atoms with Gasteiger partial charge >= 0.3 is 0 Å². The minimum absolute atomic E-state index is 0.275. The van der Waals surface area contributed by atoms with Gasteiger partial charge in [-0.25, -0.2) is 9.37 Å². The first-order chi connectivity index (χ1) is 8.25. The highest BCUT2D eigenvalue weighted by Crippen LogP contribution is 2.25. The molecule has 84 valence electrons. The second-order valence-electron chi connectivity index (χ2n) is 3.68. The molecule has 1 aromatic heterocycles. The summed E-state index contributed by atoms with van der Waals surface area (Å²) in [6.45, 7) is 0. The molecule has 0 unspecified atom stereocenters. The minimum atomic E-state index is -0.275. The molecule has 3 aromatic rings. The number of benzene rings is 2. The van der Waals surface area contributed by atoms with Gasteiger partial charge in [0.15, 0.2) is 4.73 Å². The molecule has 0 atom stereocenters. The molecule has 2 aromatic carbocycles. The second-order valence-corrected chi connectivity index (χ2v) is 4.39. The van der Waals surface area contributed by atoms with E-state index in [1.54, 1.807) is 6.07 Å². The van der Waals surface area contributed by atoms with Gasteiger partial charge in [-0.15, -0.1) is 0 Å². The molecule has 0 aliphatic carbocycles. The Morgan fingerprint density at radius 3 is 2.59 bits per heavy atom. The van der Waals surface area contributed by atoms with Gasteiger partial charge in [-0.3, -0.25) is 4.57 Å². The van der Waals surface area contributed by atoms with E-state index < -0.39 is 0 Å². The lowest BCUT2D eigenvalue weighted by molar-refractivity contribution is 0.629. The molecule has 0 bridgehead atoms. The van der Waals surface area contributed by atoms with E-state index in [1.165, 1.54) is 12.1 Å². The van der Waals surface area contributed by atoms with Crippen LogP contribution in [0, 0.1) is 5.82 Å². The van der Waals surface area contributed by atoms with Gasteiger partial charge in [-0.05, 0) is 40.2 Å². The lowest BCUT2D eigenvalue weighted by Crippen LogP contribution is -1.93. The van der Waals surface area contributed by atoms with Crippen LogP contribution in [0.1, 0.15) is 0 Å². The standard InChI is InChI=1S/C13H8BrFN2/c14-13-16-11-8-9(15)6-7-12(11)17(13)10-4-2-1-3-5-10/h1-8H. The Hall–Kier alpha value is -1.68. The van der Waals surface area contributed by atoms with Crippen molar-refractivity contribution in [2.24, 2.45) is 0 Å². The molecule has 2 nitrogen and oxygen atoms in total. The third-order valence-corrected chi connectivity index (χ3v) is 3.12. The molecule has 17 heavy (non-hydrogen) atoms. The normalized spacial score (nSPS) is 10.9. The molecule has 0 radical (unpaired) electrons. The van der Waals surface area contributed by atoms with E-state index in [2.05, 4.69) is 20.9 Å². The lowest BCUT2D eigenvalue weighted by Gasteiger charge is -2.05. The second kappa shape index (κ2) is 3.96. The van der Waals surface area contributed by atoms with Crippen molar-refractivity contribution >= 4 is 27.0 Å². The van der Waals surface area contributed by atoms with Crippen LogP contribution in [0.15, 0.2) is 53.3 Å². The molecule has 0 saturated carbocycles. The average Bonchev–Trinajstić information content (AvgIpc) is 2.65. The number of fused-ring (bicyclic) bond motifs is 1. The van der Waals surface area contributed by atoms with E-state index in [-0.39, 0.29) is 5.82 Å². The zero-order chi connectivity index (χ0) is 11.8. The maximum Gasteiger partial charge on any atom is 0.182 e. The van der Waals surface area contributed by atoms with E-state index in [1.807, 2.05) is 34.9 Å². The van der Waals surface area contributed by atoms with Crippen LogP contribution < -0.4 is 0 Å². The first-order valence-corrected chi connectivity index (χ1v) is 5.94. The summed E-state index contributed by atoms with van der Waals surface area (Å²) in [6.07, 6.45) is 0. The number of rotatable bonds is 1. The van der Waals surface area contributed by atoms with Crippen molar-refractivity contribution in [2.45, 2.75) is 0 Å². The summed E-state index contributed by atoms with van der Waals surface area (Å²) < 4.78 is 15.7. The molecular formula is C13H8BrFN2. The Morgan fingerprint density at radius 1 is 1.06 bits per heavy atom. The smallest absolute Gasteiger partial charge is 0.182 e. The van der Waals surface area contributed by atoms with E-state index in [9.17, 15) is 4.39 Å². The lowest BCUT2D eigenvalue weighted by atomic mass is 10.3. The quantitative estimate of drug-likeness (QED) is 0.664. The van der Waals surface area contributed by atoms with Gasteiger partial charge in [0, 0.05) is 11.8 Å². The zero-order valence-corrected chi connectivity index (χ0v) is 10.4. The number of nitrogens with zero attached hydrogens (tertiary/aromatic N) is 2. The summed E-state index contributed by atoms with van der Waals surface area (Å²) in [6, 6.07) is 14.4. The monoisotopic (exact) mass is 290 g/mol.